The second-order valence-corrected chi connectivity index (χ2v) is 11.4. The van der Waals surface area contributed by atoms with Crippen LogP contribution in [0.1, 0.15) is 21.8 Å². The lowest BCUT2D eigenvalue weighted by Gasteiger charge is -2.40. The average Bonchev–Trinajstić information content (AvgIpc) is 2.92. The molecule has 0 radical (unpaired) electrons. The molecule has 12 heteroatoms. The standard InChI is InChI=1S/C26H27ClN6O4S.2H2/c1-18(32-12-2-3-19-15-20(27)4-9-23(19)32)26(35)31-13-14-33(25(34)16-31)21-5-7-22(8-6-21)38(36,37)30-24-10-11-28-17-29-24;;/h4-11,15,17-18H,2-3,12-14,16H2,1H3,(H,28,29,30);2*1H/t18-;;/m1../s1. The number of hydrogen-bond acceptors (Lipinski definition) is 7. The number of benzene rings is 2. The van der Waals surface area contributed by atoms with Crippen LogP contribution in [0.5, 0.6) is 0 Å². The summed E-state index contributed by atoms with van der Waals surface area (Å²) in [6.45, 7) is 3.29. The highest BCUT2D eigenvalue weighted by molar-refractivity contribution is 7.92. The molecule has 1 fully saturated rings. The van der Waals surface area contributed by atoms with Gasteiger partial charge in [0.2, 0.25) is 11.8 Å². The third-order valence-corrected chi connectivity index (χ3v) is 8.44. The quantitative estimate of drug-likeness (QED) is 0.492. The number of aromatic nitrogens is 2. The largest absolute Gasteiger partial charge is 0.360 e. The Balaban J connectivity index is 0.00000220. The van der Waals surface area contributed by atoms with E-state index in [1.807, 2.05) is 25.1 Å². The highest BCUT2D eigenvalue weighted by Gasteiger charge is 2.34. The maximum Gasteiger partial charge on any atom is 0.263 e. The van der Waals surface area contributed by atoms with E-state index in [0.717, 1.165) is 30.6 Å². The van der Waals surface area contributed by atoms with E-state index in [9.17, 15) is 18.0 Å². The van der Waals surface area contributed by atoms with E-state index in [1.54, 1.807) is 21.9 Å². The number of anilines is 3. The van der Waals surface area contributed by atoms with Crippen molar-refractivity contribution >= 4 is 50.6 Å². The van der Waals surface area contributed by atoms with Gasteiger partial charge in [0.25, 0.3) is 10.0 Å². The third kappa shape index (κ3) is 5.30. The van der Waals surface area contributed by atoms with Crippen molar-refractivity contribution in [3.8, 4) is 0 Å². The van der Waals surface area contributed by atoms with Gasteiger partial charge in [-0.3, -0.25) is 14.3 Å². The molecule has 38 heavy (non-hydrogen) atoms. The fraction of sp³-hybridized carbons (Fsp3) is 0.308. The molecule has 1 N–H and O–H groups in total. The van der Waals surface area contributed by atoms with Gasteiger partial charge in [-0.1, -0.05) is 11.6 Å². The molecule has 1 atom stereocenters. The Morgan fingerprint density at radius 3 is 2.61 bits per heavy atom. The maximum atomic E-state index is 13.4. The monoisotopic (exact) mass is 558 g/mol. The SMILES string of the molecule is C[C@H](C(=O)N1CCN(c2ccc(S(=O)(=O)Nc3ccncn3)cc2)C(=O)C1)N1CCCc2cc(Cl)ccc21.[HH].[HH]. The normalized spacial score (nSPS) is 16.7. The van der Waals surface area contributed by atoms with Gasteiger partial charge in [-0.2, -0.15) is 0 Å². The van der Waals surface area contributed by atoms with E-state index in [4.69, 9.17) is 11.6 Å². The average molecular weight is 559 g/mol. The molecular weight excluding hydrogens is 528 g/mol. The topological polar surface area (TPSA) is 116 Å². The Kier molecular flexibility index (Phi) is 7.22. The van der Waals surface area contributed by atoms with Crippen LogP contribution < -0.4 is 14.5 Å². The predicted molar refractivity (Wildman–Crippen MR) is 149 cm³/mol. The molecule has 5 rings (SSSR count). The first kappa shape index (κ1) is 25.9. The number of carbonyl (C=O) groups is 2. The first-order valence-corrected chi connectivity index (χ1v) is 14.1. The minimum absolute atomic E-state index is 0. The molecule has 0 spiro atoms. The number of sulfonamides is 1. The van der Waals surface area contributed by atoms with Crippen molar-refractivity contribution in [2.45, 2.75) is 30.7 Å². The van der Waals surface area contributed by atoms with E-state index in [-0.39, 0.29) is 31.9 Å². The van der Waals surface area contributed by atoms with Crippen LogP contribution in [0.25, 0.3) is 0 Å². The summed E-state index contributed by atoms with van der Waals surface area (Å²) in [5.74, 6) is -0.165. The summed E-state index contributed by atoms with van der Waals surface area (Å²) in [6.07, 6.45) is 4.53. The van der Waals surface area contributed by atoms with Gasteiger partial charge < -0.3 is 14.7 Å². The first-order valence-electron chi connectivity index (χ1n) is 12.3. The minimum Gasteiger partial charge on any atom is -0.360 e. The Hall–Kier alpha value is -3.70. The number of aryl methyl sites for hydroxylation is 1. The van der Waals surface area contributed by atoms with Crippen molar-refractivity contribution < 1.29 is 20.9 Å². The van der Waals surface area contributed by atoms with Gasteiger partial charge in [0.15, 0.2) is 0 Å². The second-order valence-electron chi connectivity index (χ2n) is 9.25. The summed E-state index contributed by atoms with van der Waals surface area (Å²) in [4.78, 5) is 39.3. The number of piperazine rings is 1. The van der Waals surface area contributed by atoms with Gasteiger partial charge in [-0.15, -0.1) is 0 Å². The van der Waals surface area contributed by atoms with Crippen LogP contribution in [-0.2, 0) is 26.0 Å². The van der Waals surface area contributed by atoms with Crippen molar-refractivity contribution in [2.24, 2.45) is 0 Å². The Morgan fingerprint density at radius 2 is 1.89 bits per heavy atom. The smallest absolute Gasteiger partial charge is 0.263 e. The molecule has 0 saturated carbocycles. The zero-order chi connectivity index (χ0) is 26.9. The molecule has 2 aliphatic heterocycles. The van der Waals surface area contributed by atoms with Gasteiger partial charge in [-0.25, -0.2) is 18.4 Å². The van der Waals surface area contributed by atoms with Crippen molar-refractivity contribution in [1.82, 2.24) is 14.9 Å². The highest BCUT2D eigenvalue weighted by Crippen LogP contribution is 2.31. The van der Waals surface area contributed by atoms with Crippen LogP contribution in [-0.4, -0.2) is 67.3 Å². The van der Waals surface area contributed by atoms with Crippen LogP contribution in [0, 0.1) is 0 Å². The summed E-state index contributed by atoms with van der Waals surface area (Å²) >= 11 is 6.16. The van der Waals surface area contributed by atoms with Gasteiger partial charge in [0.1, 0.15) is 24.7 Å². The molecular formula is C26H31ClN6O4S. The fourth-order valence-corrected chi connectivity index (χ4v) is 6.08. The van der Waals surface area contributed by atoms with Crippen molar-refractivity contribution in [3.05, 3.63) is 71.6 Å². The summed E-state index contributed by atoms with van der Waals surface area (Å²) in [7, 11) is -3.85. The molecule has 1 aromatic heterocycles. The maximum absolute atomic E-state index is 13.4. The number of amides is 2. The molecule has 1 saturated heterocycles. The number of carbonyl (C=O) groups excluding carboxylic acids is 2. The van der Waals surface area contributed by atoms with Gasteiger partial charge in [0.05, 0.1) is 4.90 Å². The molecule has 3 heterocycles. The number of fused-ring (bicyclic) bond motifs is 1. The van der Waals surface area contributed by atoms with Crippen LogP contribution in [0.2, 0.25) is 5.02 Å². The van der Waals surface area contributed by atoms with E-state index >= 15 is 0 Å². The number of rotatable bonds is 6. The number of hydrogen-bond donors (Lipinski definition) is 1. The van der Waals surface area contributed by atoms with Crippen LogP contribution >= 0.6 is 11.6 Å². The van der Waals surface area contributed by atoms with Crippen molar-refractivity contribution in [1.29, 1.82) is 0 Å². The fourth-order valence-electron chi connectivity index (χ4n) is 4.88. The van der Waals surface area contributed by atoms with E-state index in [1.165, 1.54) is 30.7 Å². The number of halogens is 1. The molecule has 2 aromatic carbocycles. The molecule has 2 amide bonds. The predicted octanol–water partition coefficient (Wildman–Crippen LogP) is 3.44. The highest BCUT2D eigenvalue weighted by atomic mass is 35.5. The molecule has 10 nitrogen and oxygen atoms in total. The molecule has 202 valence electrons. The van der Waals surface area contributed by atoms with Gasteiger partial charge in [-0.05, 0) is 73.9 Å². The van der Waals surface area contributed by atoms with Crippen molar-refractivity contribution in [3.63, 3.8) is 0 Å². The minimum atomic E-state index is -3.85. The lowest BCUT2D eigenvalue weighted by Crippen LogP contribution is -2.57. The Labute approximate surface area is 229 Å². The molecule has 2 aliphatic rings. The number of nitrogens with zero attached hydrogens (tertiary/aromatic N) is 5. The van der Waals surface area contributed by atoms with Crippen LogP contribution in [0.15, 0.2) is 66.0 Å². The number of nitrogens with one attached hydrogen (secondary N) is 1. The van der Waals surface area contributed by atoms with E-state index in [2.05, 4.69) is 19.6 Å². The van der Waals surface area contributed by atoms with E-state index < -0.39 is 16.1 Å². The summed E-state index contributed by atoms with van der Waals surface area (Å²) in [5, 5.41) is 0.680. The Morgan fingerprint density at radius 1 is 1.11 bits per heavy atom. The molecule has 0 bridgehead atoms. The summed E-state index contributed by atoms with van der Waals surface area (Å²) < 4.78 is 27.7. The zero-order valence-electron chi connectivity index (χ0n) is 20.7. The molecule has 0 unspecified atom stereocenters. The molecule has 3 aromatic rings. The van der Waals surface area contributed by atoms with E-state index in [0.29, 0.717) is 23.8 Å². The first-order chi connectivity index (χ1) is 18.2. The summed E-state index contributed by atoms with van der Waals surface area (Å²) in [5.41, 5.74) is 2.70. The Bertz CT molecular complexity index is 1460. The lowest BCUT2D eigenvalue weighted by molar-refractivity contribution is -0.137. The summed E-state index contributed by atoms with van der Waals surface area (Å²) in [6, 6.07) is 12.8. The van der Waals surface area contributed by atoms with Crippen LogP contribution in [0.4, 0.5) is 17.2 Å². The lowest BCUT2D eigenvalue weighted by atomic mass is 10.00. The third-order valence-electron chi connectivity index (χ3n) is 6.83. The second kappa shape index (κ2) is 10.6. The zero-order valence-corrected chi connectivity index (χ0v) is 22.3. The van der Waals surface area contributed by atoms with Crippen molar-refractivity contribution in [2.75, 3.05) is 40.7 Å². The molecule has 0 aliphatic carbocycles. The van der Waals surface area contributed by atoms with Gasteiger partial charge >= 0.3 is 0 Å². The van der Waals surface area contributed by atoms with Gasteiger partial charge in [0, 0.05) is 45.1 Å². The van der Waals surface area contributed by atoms with Crippen LogP contribution in [0.3, 0.4) is 0 Å².